The third kappa shape index (κ3) is 7.57. The maximum Gasteiger partial charge on any atom is 0.193 e. The van der Waals surface area contributed by atoms with Gasteiger partial charge in [0.25, 0.3) is 0 Å². The molecule has 1 heterocycles. The summed E-state index contributed by atoms with van der Waals surface area (Å²) in [7, 11) is 0. The number of nitrogens with one attached hydrogen (secondary N) is 1. The van der Waals surface area contributed by atoms with E-state index in [1.54, 1.807) is 0 Å². The number of guanidine groups is 1. The van der Waals surface area contributed by atoms with Crippen LogP contribution in [0.2, 0.25) is 0 Å². The predicted molar refractivity (Wildman–Crippen MR) is 120 cm³/mol. The van der Waals surface area contributed by atoms with Crippen LogP contribution in [0.15, 0.2) is 53.5 Å². The molecule has 3 N–H and O–H groups in total. The molecule has 2 aromatic carbocycles. The van der Waals surface area contributed by atoms with Crippen molar-refractivity contribution in [2.75, 3.05) is 44.8 Å². The summed E-state index contributed by atoms with van der Waals surface area (Å²) < 4.78 is 16.9. The van der Waals surface area contributed by atoms with Gasteiger partial charge in [-0.1, -0.05) is 12.1 Å². The minimum Gasteiger partial charge on any atom is -0.492 e. The van der Waals surface area contributed by atoms with Crippen molar-refractivity contribution in [1.29, 1.82) is 0 Å². The molecule has 7 heteroatoms. The number of benzene rings is 2. The fourth-order valence-electron chi connectivity index (χ4n) is 3.10. The summed E-state index contributed by atoms with van der Waals surface area (Å²) >= 11 is 0. The Balaban J connectivity index is 1.45. The zero-order valence-corrected chi connectivity index (χ0v) is 17.8. The Morgan fingerprint density at radius 3 is 2.63 bits per heavy atom. The van der Waals surface area contributed by atoms with Crippen LogP contribution in [-0.2, 0) is 11.3 Å². The maximum absolute atomic E-state index is 6.03. The summed E-state index contributed by atoms with van der Waals surface area (Å²) in [6.07, 6.45) is 0.148. The number of hydrogen-bond acceptors (Lipinski definition) is 5. The molecule has 1 fully saturated rings. The van der Waals surface area contributed by atoms with E-state index in [4.69, 9.17) is 19.9 Å². The summed E-state index contributed by atoms with van der Waals surface area (Å²) in [5.41, 5.74) is 7.95. The summed E-state index contributed by atoms with van der Waals surface area (Å²) in [5, 5.41) is 3.10. The van der Waals surface area contributed by atoms with Crippen molar-refractivity contribution in [3.05, 3.63) is 54.1 Å². The molecule has 1 aliphatic heterocycles. The Labute approximate surface area is 178 Å². The third-order valence-corrected chi connectivity index (χ3v) is 4.61. The summed E-state index contributed by atoms with van der Waals surface area (Å²) in [6, 6.07) is 15.6. The standard InChI is InChI=1S/C23H32N4O3/c1-18(2)30-21-8-6-20(7-9-21)26-23(24)25-17-19-4-3-5-22(16-19)29-15-12-27-10-13-28-14-11-27/h3-9,16,18H,10-15,17H2,1-2H3,(H3,24,25,26). The van der Waals surface area contributed by atoms with E-state index in [9.17, 15) is 0 Å². The monoisotopic (exact) mass is 412 g/mol. The van der Waals surface area contributed by atoms with Crippen LogP contribution in [0.5, 0.6) is 11.5 Å². The molecule has 0 atom stereocenters. The molecule has 0 aromatic heterocycles. The Morgan fingerprint density at radius 2 is 1.90 bits per heavy atom. The van der Waals surface area contributed by atoms with Gasteiger partial charge in [0.1, 0.15) is 18.1 Å². The second-order valence-electron chi connectivity index (χ2n) is 7.47. The van der Waals surface area contributed by atoms with Crippen molar-refractivity contribution in [2.24, 2.45) is 10.7 Å². The molecular formula is C23H32N4O3. The van der Waals surface area contributed by atoms with Crippen molar-refractivity contribution in [3.8, 4) is 11.5 Å². The van der Waals surface area contributed by atoms with Crippen LogP contribution in [0, 0.1) is 0 Å². The van der Waals surface area contributed by atoms with Crippen LogP contribution in [0.25, 0.3) is 0 Å². The number of aliphatic imine (C=N–C) groups is 1. The number of hydrogen-bond donors (Lipinski definition) is 2. The molecule has 0 spiro atoms. The molecule has 1 saturated heterocycles. The first kappa shape index (κ1) is 21.9. The van der Waals surface area contributed by atoms with E-state index in [0.29, 0.717) is 19.1 Å². The Kier molecular flexibility index (Phi) is 8.35. The summed E-state index contributed by atoms with van der Waals surface area (Å²) in [5.74, 6) is 2.05. The fourth-order valence-corrected chi connectivity index (χ4v) is 3.10. The van der Waals surface area contributed by atoms with Gasteiger partial charge < -0.3 is 25.3 Å². The highest BCUT2D eigenvalue weighted by molar-refractivity contribution is 5.92. The molecule has 2 aromatic rings. The lowest BCUT2D eigenvalue weighted by Crippen LogP contribution is -2.38. The zero-order chi connectivity index (χ0) is 21.2. The topological polar surface area (TPSA) is 81.3 Å². The number of anilines is 1. The molecule has 0 aliphatic carbocycles. The normalized spacial score (nSPS) is 15.2. The third-order valence-electron chi connectivity index (χ3n) is 4.61. The van der Waals surface area contributed by atoms with Crippen LogP contribution in [0.3, 0.4) is 0 Å². The van der Waals surface area contributed by atoms with E-state index in [1.807, 2.05) is 62.4 Å². The van der Waals surface area contributed by atoms with E-state index in [-0.39, 0.29) is 6.10 Å². The van der Waals surface area contributed by atoms with Gasteiger partial charge in [-0.2, -0.15) is 0 Å². The van der Waals surface area contributed by atoms with Gasteiger partial charge in [0.05, 0.1) is 25.9 Å². The van der Waals surface area contributed by atoms with Crippen molar-refractivity contribution in [1.82, 2.24) is 4.90 Å². The highest BCUT2D eigenvalue weighted by atomic mass is 16.5. The van der Waals surface area contributed by atoms with Gasteiger partial charge in [0, 0.05) is 25.3 Å². The minimum atomic E-state index is 0.148. The van der Waals surface area contributed by atoms with Gasteiger partial charge in [-0.25, -0.2) is 4.99 Å². The highest BCUT2D eigenvalue weighted by Gasteiger charge is 2.09. The number of nitrogens with zero attached hydrogens (tertiary/aromatic N) is 2. The first-order valence-corrected chi connectivity index (χ1v) is 10.4. The first-order valence-electron chi connectivity index (χ1n) is 10.4. The average molecular weight is 413 g/mol. The highest BCUT2D eigenvalue weighted by Crippen LogP contribution is 2.17. The Morgan fingerprint density at radius 1 is 1.13 bits per heavy atom. The largest absolute Gasteiger partial charge is 0.492 e. The first-order chi connectivity index (χ1) is 14.6. The molecule has 0 bridgehead atoms. The molecular weight excluding hydrogens is 380 g/mol. The van der Waals surface area contributed by atoms with E-state index in [1.165, 1.54) is 0 Å². The smallest absolute Gasteiger partial charge is 0.193 e. The fraction of sp³-hybridized carbons (Fsp3) is 0.435. The quantitative estimate of drug-likeness (QED) is 0.487. The molecule has 162 valence electrons. The van der Waals surface area contributed by atoms with Crippen LogP contribution >= 0.6 is 0 Å². The number of ether oxygens (including phenoxy) is 3. The maximum atomic E-state index is 6.03. The second-order valence-corrected chi connectivity index (χ2v) is 7.47. The van der Waals surface area contributed by atoms with Gasteiger partial charge in [0.15, 0.2) is 5.96 Å². The lowest BCUT2D eigenvalue weighted by molar-refractivity contribution is 0.0322. The summed E-state index contributed by atoms with van der Waals surface area (Å²) in [4.78, 5) is 6.78. The van der Waals surface area contributed by atoms with Gasteiger partial charge in [-0.15, -0.1) is 0 Å². The number of morpholine rings is 1. The zero-order valence-electron chi connectivity index (χ0n) is 17.8. The minimum absolute atomic E-state index is 0.148. The average Bonchev–Trinajstić information content (AvgIpc) is 2.74. The van der Waals surface area contributed by atoms with Crippen LogP contribution in [0.4, 0.5) is 5.69 Å². The second kappa shape index (κ2) is 11.4. The van der Waals surface area contributed by atoms with Crippen LogP contribution < -0.4 is 20.5 Å². The van der Waals surface area contributed by atoms with Gasteiger partial charge >= 0.3 is 0 Å². The van der Waals surface area contributed by atoms with Crippen molar-refractivity contribution in [3.63, 3.8) is 0 Å². The van der Waals surface area contributed by atoms with Gasteiger partial charge in [-0.05, 0) is 55.8 Å². The molecule has 1 aliphatic rings. The summed E-state index contributed by atoms with van der Waals surface area (Å²) in [6.45, 7) is 9.60. The molecule has 3 rings (SSSR count). The van der Waals surface area contributed by atoms with E-state index in [2.05, 4.69) is 15.2 Å². The van der Waals surface area contributed by atoms with E-state index < -0.39 is 0 Å². The molecule has 30 heavy (non-hydrogen) atoms. The van der Waals surface area contributed by atoms with Crippen LogP contribution in [-0.4, -0.2) is 56.4 Å². The molecule has 0 radical (unpaired) electrons. The molecule has 0 amide bonds. The Hall–Kier alpha value is -2.77. The van der Waals surface area contributed by atoms with Crippen molar-refractivity contribution >= 4 is 11.6 Å². The lowest BCUT2D eigenvalue weighted by Gasteiger charge is -2.26. The van der Waals surface area contributed by atoms with Gasteiger partial charge in [-0.3, -0.25) is 4.90 Å². The molecule has 0 saturated carbocycles. The Bertz CT molecular complexity index is 802. The van der Waals surface area contributed by atoms with E-state index in [0.717, 1.165) is 55.6 Å². The van der Waals surface area contributed by atoms with Crippen molar-refractivity contribution in [2.45, 2.75) is 26.5 Å². The number of nitrogens with two attached hydrogens (primary N) is 1. The van der Waals surface area contributed by atoms with Crippen molar-refractivity contribution < 1.29 is 14.2 Å². The SMILES string of the molecule is CC(C)Oc1ccc(NC(N)=NCc2cccc(OCCN3CCOCC3)c2)cc1. The predicted octanol–water partition coefficient (Wildman–Crippen LogP) is 3.11. The molecule has 0 unspecified atom stereocenters. The van der Waals surface area contributed by atoms with E-state index >= 15 is 0 Å². The molecule has 7 nitrogen and oxygen atoms in total. The lowest BCUT2D eigenvalue weighted by atomic mass is 10.2. The van der Waals surface area contributed by atoms with Crippen LogP contribution in [0.1, 0.15) is 19.4 Å². The van der Waals surface area contributed by atoms with Gasteiger partial charge in [0.2, 0.25) is 0 Å². The number of rotatable bonds is 9.